The van der Waals surface area contributed by atoms with E-state index >= 15 is 0 Å². The molecule has 0 aliphatic rings. The Hall–Kier alpha value is -2.63. The molecule has 1 atom stereocenters. The Labute approximate surface area is 346 Å². The number of ether oxygens (including phenoxy) is 3. The van der Waals surface area contributed by atoms with Crippen molar-refractivity contribution in [2.24, 2.45) is 0 Å². The first kappa shape index (κ1) is 53.4. The van der Waals surface area contributed by atoms with Gasteiger partial charge < -0.3 is 14.2 Å². The predicted octanol–water partition coefficient (Wildman–Crippen LogP) is 15.1. The van der Waals surface area contributed by atoms with Crippen LogP contribution in [0.4, 0.5) is 0 Å². The molecule has 6 heteroatoms. The first-order valence-electron chi connectivity index (χ1n) is 23.6. The molecule has 0 spiro atoms. The van der Waals surface area contributed by atoms with Gasteiger partial charge in [0.1, 0.15) is 13.2 Å². The molecule has 0 aromatic carbocycles. The lowest BCUT2D eigenvalue weighted by Gasteiger charge is -2.18. The maximum absolute atomic E-state index is 12.7. The van der Waals surface area contributed by atoms with Crippen molar-refractivity contribution in [1.82, 2.24) is 0 Å². The molecule has 324 valence electrons. The molecule has 0 fully saturated rings. The molecular formula is C50H88O6. The van der Waals surface area contributed by atoms with Crippen LogP contribution >= 0.6 is 0 Å². The number of carbonyl (C=O) groups excluding carboxylic acids is 3. The van der Waals surface area contributed by atoms with E-state index in [9.17, 15) is 14.4 Å². The average Bonchev–Trinajstić information content (AvgIpc) is 3.19. The van der Waals surface area contributed by atoms with Gasteiger partial charge in [-0.05, 0) is 70.6 Å². The maximum atomic E-state index is 12.7. The van der Waals surface area contributed by atoms with Gasteiger partial charge in [-0.25, -0.2) is 0 Å². The fourth-order valence-corrected chi connectivity index (χ4v) is 6.52. The quantitative estimate of drug-likeness (QED) is 0.0265. The molecule has 0 aromatic rings. The fraction of sp³-hybridized carbons (Fsp3) is 0.780. The molecule has 0 aromatic heterocycles. The molecule has 6 nitrogen and oxygen atoms in total. The molecule has 0 saturated heterocycles. The maximum Gasteiger partial charge on any atom is 0.306 e. The normalized spacial score (nSPS) is 12.4. The van der Waals surface area contributed by atoms with E-state index in [1.165, 1.54) is 109 Å². The van der Waals surface area contributed by atoms with Crippen LogP contribution in [0.25, 0.3) is 0 Å². The second-order valence-electron chi connectivity index (χ2n) is 15.6. The second kappa shape index (κ2) is 45.1. The zero-order valence-corrected chi connectivity index (χ0v) is 36.9. The van der Waals surface area contributed by atoms with Gasteiger partial charge in [-0.2, -0.15) is 0 Å². The van der Waals surface area contributed by atoms with Crippen molar-refractivity contribution in [2.45, 2.75) is 239 Å². The Morgan fingerprint density at radius 2 is 0.714 bits per heavy atom. The Bertz CT molecular complexity index is 996. The van der Waals surface area contributed by atoms with Gasteiger partial charge in [0.25, 0.3) is 0 Å². The van der Waals surface area contributed by atoms with Gasteiger partial charge in [-0.1, -0.05) is 191 Å². The van der Waals surface area contributed by atoms with Crippen LogP contribution < -0.4 is 0 Å². The molecule has 0 saturated carbocycles. The Kier molecular flexibility index (Phi) is 43.0. The third-order valence-corrected chi connectivity index (χ3v) is 10.1. The van der Waals surface area contributed by atoms with Crippen molar-refractivity contribution in [3.63, 3.8) is 0 Å². The van der Waals surface area contributed by atoms with Crippen LogP contribution in [0.3, 0.4) is 0 Å². The van der Waals surface area contributed by atoms with Crippen LogP contribution in [0.15, 0.2) is 48.6 Å². The summed E-state index contributed by atoms with van der Waals surface area (Å²) < 4.78 is 16.7. The van der Waals surface area contributed by atoms with Crippen molar-refractivity contribution >= 4 is 17.9 Å². The first-order valence-corrected chi connectivity index (χ1v) is 23.6. The van der Waals surface area contributed by atoms with E-state index in [0.717, 1.165) is 77.0 Å². The van der Waals surface area contributed by atoms with E-state index < -0.39 is 6.10 Å². The molecule has 0 aliphatic carbocycles. The molecule has 0 aliphatic heterocycles. The zero-order valence-electron chi connectivity index (χ0n) is 36.9. The molecule has 0 radical (unpaired) electrons. The Morgan fingerprint density at radius 1 is 0.375 bits per heavy atom. The predicted molar refractivity (Wildman–Crippen MR) is 238 cm³/mol. The lowest BCUT2D eigenvalue weighted by Crippen LogP contribution is -2.30. The van der Waals surface area contributed by atoms with E-state index in [0.29, 0.717) is 19.3 Å². The van der Waals surface area contributed by atoms with Crippen molar-refractivity contribution in [2.75, 3.05) is 13.2 Å². The van der Waals surface area contributed by atoms with Gasteiger partial charge in [0, 0.05) is 19.3 Å². The van der Waals surface area contributed by atoms with E-state index in [1.54, 1.807) is 0 Å². The highest BCUT2D eigenvalue weighted by Gasteiger charge is 2.19. The summed E-state index contributed by atoms with van der Waals surface area (Å²) >= 11 is 0. The topological polar surface area (TPSA) is 78.9 Å². The van der Waals surface area contributed by atoms with E-state index in [1.807, 2.05) is 0 Å². The smallest absolute Gasteiger partial charge is 0.306 e. The highest BCUT2D eigenvalue weighted by Crippen LogP contribution is 2.15. The van der Waals surface area contributed by atoms with Crippen LogP contribution in [-0.2, 0) is 28.6 Å². The average molecular weight is 785 g/mol. The van der Waals surface area contributed by atoms with Gasteiger partial charge >= 0.3 is 17.9 Å². The van der Waals surface area contributed by atoms with E-state index in [-0.39, 0.29) is 37.5 Å². The molecule has 0 N–H and O–H groups in total. The lowest BCUT2D eigenvalue weighted by atomic mass is 10.0. The molecule has 0 rings (SSSR count). The van der Waals surface area contributed by atoms with Gasteiger partial charge in [0.15, 0.2) is 6.10 Å². The SMILES string of the molecule is CC/C=C\C/C=C\C/C=C\CCCC(=O)OCC(COC(=O)CCCCCCCCCCCCCCCCC)OC(=O)CCCCCCC/C=C\CCCCC. The second-order valence-corrected chi connectivity index (χ2v) is 15.6. The Morgan fingerprint density at radius 3 is 1.21 bits per heavy atom. The minimum Gasteiger partial charge on any atom is -0.462 e. The number of allylic oxidation sites excluding steroid dienone is 8. The summed E-state index contributed by atoms with van der Waals surface area (Å²) in [7, 11) is 0. The highest BCUT2D eigenvalue weighted by molar-refractivity contribution is 5.71. The summed E-state index contributed by atoms with van der Waals surface area (Å²) in [6.45, 7) is 6.44. The highest BCUT2D eigenvalue weighted by atomic mass is 16.6. The third kappa shape index (κ3) is 42.5. The summed E-state index contributed by atoms with van der Waals surface area (Å²) in [5, 5.41) is 0. The molecule has 1 unspecified atom stereocenters. The summed E-state index contributed by atoms with van der Waals surface area (Å²) in [6.07, 6.45) is 52.4. The fourth-order valence-electron chi connectivity index (χ4n) is 6.52. The number of hydrogen-bond acceptors (Lipinski definition) is 6. The van der Waals surface area contributed by atoms with Crippen molar-refractivity contribution in [3.8, 4) is 0 Å². The standard InChI is InChI=1S/C50H88O6/c1-4-7-10-13-16-19-22-24-25-26-29-31-34-37-40-43-49(52)55-46-47(45-54-48(51)42-39-36-33-30-27-21-18-15-12-9-6-3)56-50(53)44-41-38-35-32-28-23-20-17-14-11-8-5-2/h9,12,17-18,20-21,30,33,47H,4-8,10-11,13-16,19,22-29,31-32,34-46H2,1-3H3/b12-9-,20-17-,21-18-,33-30-. The summed E-state index contributed by atoms with van der Waals surface area (Å²) in [4.78, 5) is 37.7. The van der Waals surface area contributed by atoms with Gasteiger partial charge in [0.2, 0.25) is 0 Å². The number of hydrogen-bond donors (Lipinski definition) is 0. The summed E-state index contributed by atoms with van der Waals surface area (Å²) in [6, 6.07) is 0. The van der Waals surface area contributed by atoms with Crippen LogP contribution in [0, 0.1) is 0 Å². The number of unbranched alkanes of at least 4 members (excludes halogenated alkanes) is 23. The van der Waals surface area contributed by atoms with Crippen molar-refractivity contribution < 1.29 is 28.6 Å². The molecular weight excluding hydrogens is 697 g/mol. The van der Waals surface area contributed by atoms with Crippen LogP contribution in [-0.4, -0.2) is 37.2 Å². The van der Waals surface area contributed by atoms with Gasteiger partial charge in [0.05, 0.1) is 0 Å². The van der Waals surface area contributed by atoms with Crippen LogP contribution in [0.1, 0.15) is 233 Å². The van der Waals surface area contributed by atoms with E-state index in [2.05, 4.69) is 69.4 Å². The third-order valence-electron chi connectivity index (χ3n) is 10.1. The summed E-state index contributed by atoms with van der Waals surface area (Å²) in [5.41, 5.74) is 0. The molecule has 0 amide bonds. The van der Waals surface area contributed by atoms with Crippen molar-refractivity contribution in [1.29, 1.82) is 0 Å². The summed E-state index contributed by atoms with van der Waals surface area (Å²) in [5.74, 6) is -0.955. The van der Waals surface area contributed by atoms with Gasteiger partial charge in [-0.3, -0.25) is 14.4 Å². The number of carbonyl (C=O) groups is 3. The largest absolute Gasteiger partial charge is 0.462 e. The van der Waals surface area contributed by atoms with Crippen LogP contribution in [0.2, 0.25) is 0 Å². The number of esters is 3. The lowest BCUT2D eigenvalue weighted by molar-refractivity contribution is -0.167. The molecule has 0 bridgehead atoms. The van der Waals surface area contributed by atoms with Crippen molar-refractivity contribution in [3.05, 3.63) is 48.6 Å². The Balaban J connectivity index is 4.40. The minimum absolute atomic E-state index is 0.0902. The molecule has 56 heavy (non-hydrogen) atoms. The first-order chi connectivity index (χ1) is 27.5. The monoisotopic (exact) mass is 785 g/mol. The minimum atomic E-state index is -0.792. The van der Waals surface area contributed by atoms with E-state index in [4.69, 9.17) is 14.2 Å². The zero-order chi connectivity index (χ0) is 40.8. The molecule has 0 heterocycles. The van der Waals surface area contributed by atoms with Gasteiger partial charge in [-0.15, -0.1) is 0 Å². The number of rotatable bonds is 42. The van der Waals surface area contributed by atoms with Crippen LogP contribution in [0.5, 0.6) is 0 Å².